The lowest BCUT2D eigenvalue weighted by Crippen LogP contribution is -2.21. The number of esters is 1. The lowest BCUT2D eigenvalue weighted by atomic mass is 10.2. The van der Waals surface area contributed by atoms with Crippen LogP contribution in [0.1, 0.15) is 10.4 Å². The van der Waals surface area contributed by atoms with E-state index in [-0.39, 0.29) is 10.5 Å². The van der Waals surface area contributed by atoms with Crippen molar-refractivity contribution in [3.63, 3.8) is 0 Å². The van der Waals surface area contributed by atoms with Crippen LogP contribution in [0.15, 0.2) is 47.4 Å². The molecule has 2 aromatic carbocycles. The van der Waals surface area contributed by atoms with Crippen molar-refractivity contribution < 1.29 is 32.2 Å². The Morgan fingerprint density at radius 1 is 1.00 bits per heavy atom. The van der Waals surface area contributed by atoms with E-state index >= 15 is 0 Å². The first-order valence-electron chi connectivity index (χ1n) is 7.74. The number of hydrogen-bond donors (Lipinski definition) is 1. The van der Waals surface area contributed by atoms with E-state index in [4.69, 9.17) is 14.2 Å². The Morgan fingerprint density at radius 2 is 1.67 bits per heavy atom. The minimum absolute atomic E-state index is 0.126. The van der Waals surface area contributed by atoms with Crippen LogP contribution in [-0.4, -0.2) is 47.4 Å². The molecule has 9 heteroatoms. The molecule has 144 valence electrons. The first-order chi connectivity index (χ1) is 12.8. The Morgan fingerprint density at radius 3 is 2.30 bits per heavy atom. The largest absolute Gasteiger partial charge is 0.493 e. The number of rotatable bonds is 7. The molecular formula is C18H19NO7S. The van der Waals surface area contributed by atoms with E-state index in [1.807, 2.05) is 0 Å². The van der Waals surface area contributed by atoms with E-state index in [0.717, 1.165) is 6.26 Å². The van der Waals surface area contributed by atoms with Gasteiger partial charge in [0.2, 0.25) is 0 Å². The molecule has 0 aliphatic rings. The molecule has 0 unspecified atom stereocenters. The highest BCUT2D eigenvalue weighted by Crippen LogP contribution is 2.29. The van der Waals surface area contributed by atoms with Crippen molar-refractivity contribution in [2.45, 2.75) is 4.90 Å². The van der Waals surface area contributed by atoms with Crippen LogP contribution in [0.2, 0.25) is 0 Å². The summed E-state index contributed by atoms with van der Waals surface area (Å²) in [5.74, 6) is -0.570. The number of nitrogens with one attached hydrogen (secondary N) is 1. The summed E-state index contributed by atoms with van der Waals surface area (Å²) >= 11 is 0. The minimum Gasteiger partial charge on any atom is -0.493 e. The summed E-state index contributed by atoms with van der Waals surface area (Å²) < 4.78 is 38.7. The molecule has 0 saturated heterocycles. The quantitative estimate of drug-likeness (QED) is 0.716. The van der Waals surface area contributed by atoms with Crippen molar-refractivity contribution in [3.8, 4) is 11.5 Å². The molecule has 0 aliphatic carbocycles. The maximum absolute atomic E-state index is 12.1. The van der Waals surface area contributed by atoms with Crippen LogP contribution in [0.5, 0.6) is 11.5 Å². The molecule has 1 N–H and O–H groups in total. The van der Waals surface area contributed by atoms with E-state index < -0.39 is 28.3 Å². The molecule has 1 amide bonds. The molecule has 0 atom stereocenters. The van der Waals surface area contributed by atoms with Gasteiger partial charge in [0, 0.05) is 18.0 Å². The van der Waals surface area contributed by atoms with Gasteiger partial charge in [0.25, 0.3) is 5.91 Å². The molecule has 2 rings (SSSR count). The summed E-state index contributed by atoms with van der Waals surface area (Å²) in [6.45, 7) is -0.578. The summed E-state index contributed by atoms with van der Waals surface area (Å²) in [5, 5.41) is 2.55. The lowest BCUT2D eigenvalue weighted by Gasteiger charge is -2.11. The number of methoxy groups -OCH3 is 2. The minimum atomic E-state index is -3.61. The first kappa shape index (κ1) is 20.2. The molecular weight excluding hydrogens is 374 g/mol. The van der Waals surface area contributed by atoms with Crippen molar-refractivity contribution in [1.82, 2.24) is 0 Å². The van der Waals surface area contributed by atoms with Gasteiger partial charge in [0.05, 0.1) is 24.7 Å². The van der Waals surface area contributed by atoms with Crippen LogP contribution in [0.25, 0.3) is 0 Å². The first-order valence-corrected chi connectivity index (χ1v) is 9.63. The van der Waals surface area contributed by atoms with Gasteiger partial charge in [-0.2, -0.15) is 0 Å². The standard InChI is InChI=1S/C18H19NO7S/c1-24-14-9-8-12(10-15(14)25-2)19-17(20)11-26-18(21)13-6-4-5-7-16(13)27(3,22)23/h4-10H,11H2,1-3H3,(H,19,20). The van der Waals surface area contributed by atoms with Crippen molar-refractivity contribution in [2.75, 3.05) is 32.4 Å². The topological polar surface area (TPSA) is 108 Å². The van der Waals surface area contributed by atoms with Gasteiger partial charge in [0.1, 0.15) is 0 Å². The monoisotopic (exact) mass is 393 g/mol. The molecule has 2 aromatic rings. The lowest BCUT2D eigenvalue weighted by molar-refractivity contribution is -0.119. The highest BCUT2D eigenvalue weighted by atomic mass is 32.2. The summed E-state index contributed by atoms with van der Waals surface area (Å²) in [6.07, 6.45) is 0.989. The SMILES string of the molecule is COc1ccc(NC(=O)COC(=O)c2ccccc2S(C)(=O)=O)cc1OC. The Bertz CT molecular complexity index is 954. The number of ether oxygens (including phenoxy) is 3. The highest BCUT2D eigenvalue weighted by Gasteiger charge is 2.20. The maximum Gasteiger partial charge on any atom is 0.339 e. The number of sulfone groups is 1. The number of hydrogen-bond acceptors (Lipinski definition) is 7. The van der Waals surface area contributed by atoms with Crippen molar-refractivity contribution in [1.29, 1.82) is 0 Å². The van der Waals surface area contributed by atoms with E-state index in [9.17, 15) is 18.0 Å². The third-order valence-electron chi connectivity index (χ3n) is 3.51. The molecule has 0 heterocycles. The average molecular weight is 393 g/mol. The van der Waals surface area contributed by atoms with Crippen LogP contribution < -0.4 is 14.8 Å². The van der Waals surface area contributed by atoms with Crippen LogP contribution in [0.3, 0.4) is 0 Å². The third-order valence-corrected chi connectivity index (χ3v) is 4.66. The molecule has 0 aromatic heterocycles. The number of carbonyl (C=O) groups excluding carboxylic acids is 2. The van der Waals surface area contributed by atoms with Gasteiger partial charge < -0.3 is 19.5 Å². The highest BCUT2D eigenvalue weighted by molar-refractivity contribution is 7.90. The van der Waals surface area contributed by atoms with Gasteiger partial charge in [-0.15, -0.1) is 0 Å². The summed E-state index contributed by atoms with van der Waals surface area (Å²) in [4.78, 5) is 24.0. The average Bonchev–Trinajstić information content (AvgIpc) is 2.65. The second kappa shape index (κ2) is 8.54. The molecule has 0 fully saturated rings. The molecule has 0 saturated carbocycles. The molecule has 0 bridgehead atoms. The van der Waals surface area contributed by atoms with Crippen molar-refractivity contribution in [3.05, 3.63) is 48.0 Å². The number of anilines is 1. The van der Waals surface area contributed by atoms with E-state index in [1.54, 1.807) is 18.2 Å². The fraction of sp³-hybridized carbons (Fsp3) is 0.222. The predicted molar refractivity (Wildman–Crippen MR) is 98.0 cm³/mol. The smallest absolute Gasteiger partial charge is 0.339 e. The number of carbonyl (C=O) groups is 2. The molecule has 8 nitrogen and oxygen atoms in total. The number of amides is 1. The fourth-order valence-corrected chi connectivity index (χ4v) is 3.16. The van der Waals surface area contributed by atoms with E-state index in [0.29, 0.717) is 17.2 Å². The zero-order valence-corrected chi connectivity index (χ0v) is 15.8. The summed E-state index contributed by atoms with van der Waals surface area (Å²) in [5.41, 5.74) is 0.296. The second-order valence-corrected chi connectivity index (χ2v) is 7.45. The van der Waals surface area contributed by atoms with Gasteiger partial charge in [0.15, 0.2) is 27.9 Å². The van der Waals surface area contributed by atoms with Gasteiger partial charge in [-0.3, -0.25) is 4.79 Å². The number of benzene rings is 2. The van der Waals surface area contributed by atoms with Gasteiger partial charge in [-0.25, -0.2) is 13.2 Å². The van der Waals surface area contributed by atoms with E-state index in [1.165, 1.54) is 38.5 Å². The zero-order valence-electron chi connectivity index (χ0n) is 15.0. The van der Waals surface area contributed by atoms with Crippen LogP contribution >= 0.6 is 0 Å². The predicted octanol–water partition coefficient (Wildman–Crippen LogP) is 1.90. The van der Waals surface area contributed by atoms with Gasteiger partial charge in [-0.1, -0.05) is 12.1 Å². The fourth-order valence-electron chi connectivity index (χ4n) is 2.28. The van der Waals surface area contributed by atoms with Crippen molar-refractivity contribution >= 4 is 27.4 Å². The van der Waals surface area contributed by atoms with Crippen LogP contribution in [-0.2, 0) is 19.4 Å². The molecule has 0 aliphatic heterocycles. The zero-order chi connectivity index (χ0) is 20.0. The normalized spacial score (nSPS) is 10.8. The Kier molecular flexibility index (Phi) is 6.40. The van der Waals surface area contributed by atoms with Gasteiger partial charge >= 0.3 is 5.97 Å². The van der Waals surface area contributed by atoms with Crippen molar-refractivity contribution in [2.24, 2.45) is 0 Å². The summed E-state index contributed by atoms with van der Waals surface area (Å²) in [6, 6.07) is 10.4. The van der Waals surface area contributed by atoms with Crippen LogP contribution in [0, 0.1) is 0 Å². The Labute approximate surface area is 157 Å². The maximum atomic E-state index is 12.1. The Hall–Kier alpha value is -3.07. The molecule has 0 radical (unpaired) electrons. The van der Waals surface area contributed by atoms with E-state index in [2.05, 4.69) is 5.32 Å². The second-order valence-electron chi connectivity index (χ2n) is 5.46. The third kappa shape index (κ3) is 5.20. The van der Waals surface area contributed by atoms with Crippen LogP contribution in [0.4, 0.5) is 5.69 Å². The molecule has 0 spiro atoms. The summed E-state index contributed by atoms with van der Waals surface area (Å²) in [7, 11) is -0.654. The Balaban J connectivity index is 2.03. The van der Waals surface area contributed by atoms with Gasteiger partial charge in [-0.05, 0) is 24.3 Å². The molecule has 27 heavy (non-hydrogen) atoms.